The minimum atomic E-state index is -1.06. The maximum absolute atomic E-state index is 12.8. The maximum atomic E-state index is 12.8. The molecule has 6 nitrogen and oxygen atoms in total. The van der Waals surface area contributed by atoms with Gasteiger partial charge in [-0.2, -0.15) is 0 Å². The summed E-state index contributed by atoms with van der Waals surface area (Å²) in [5.41, 5.74) is 1.32. The molecule has 2 aromatic carbocycles. The van der Waals surface area contributed by atoms with Gasteiger partial charge in [0, 0.05) is 22.9 Å². The Labute approximate surface area is 178 Å². The number of nitrogens with zero attached hydrogens (tertiary/aromatic N) is 1. The number of fused-ring (bicyclic) bond motifs is 2. The second-order valence-electron chi connectivity index (χ2n) is 7.69. The molecule has 0 atom stereocenters. The molecular formula is C23H22N2O4S. The van der Waals surface area contributed by atoms with Crippen LogP contribution in [0.15, 0.2) is 42.5 Å². The zero-order valence-electron chi connectivity index (χ0n) is 16.8. The van der Waals surface area contributed by atoms with E-state index in [9.17, 15) is 19.5 Å². The first-order valence-corrected chi connectivity index (χ1v) is 10.6. The molecule has 1 aromatic heterocycles. The molecule has 7 heteroatoms. The first kappa shape index (κ1) is 20.1. The fourth-order valence-electron chi connectivity index (χ4n) is 3.78. The van der Waals surface area contributed by atoms with Crippen molar-refractivity contribution in [3.05, 3.63) is 64.0 Å². The fraction of sp³-hybridized carbons (Fsp3) is 0.261. The minimum Gasteiger partial charge on any atom is -0.478 e. The Kier molecular flexibility index (Phi) is 5.30. The Balaban J connectivity index is 1.63. The lowest BCUT2D eigenvalue weighted by atomic mass is 10.0. The Morgan fingerprint density at radius 2 is 1.83 bits per heavy atom. The van der Waals surface area contributed by atoms with Crippen LogP contribution in [-0.4, -0.2) is 34.3 Å². The number of hydrogen-bond donors (Lipinski definition) is 2. The van der Waals surface area contributed by atoms with Gasteiger partial charge < -0.3 is 15.3 Å². The van der Waals surface area contributed by atoms with E-state index in [1.807, 2.05) is 44.2 Å². The van der Waals surface area contributed by atoms with Crippen LogP contribution in [0, 0.1) is 5.92 Å². The Bertz CT molecular complexity index is 1170. The summed E-state index contributed by atoms with van der Waals surface area (Å²) in [4.78, 5) is 39.7. The Morgan fingerprint density at radius 1 is 1.10 bits per heavy atom. The van der Waals surface area contributed by atoms with E-state index in [1.54, 1.807) is 17.0 Å². The highest BCUT2D eigenvalue weighted by molar-refractivity contribution is 7.17. The predicted octanol–water partition coefficient (Wildman–Crippen LogP) is 4.39. The number of amides is 2. The van der Waals surface area contributed by atoms with Crippen molar-refractivity contribution in [2.45, 2.75) is 26.8 Å². The van der Waals surface area contributed by atoms with Gasteiger partial charge in [0.2, 0.25) is 5.91 Å². The summed E-state index contributed by atoms with van der Waals surface area (Å²) in [5, 5.41) is 14.9. The molecule has 4 rings (SSSR count). The van der Waals surface area contributed by atoms with E-state index in [2.05, 4.69) is 5.32 Å². The molecule has 0 bridgehead atoms. The summed E-state index contributed by atoms with van der Waals surface area (Å²) >= 11 is 1.24. The number of nitrogens with one attached hydrogen (secondary N) is 1. The number of benzene rings is 2. The summed E-state index contributed by atoms with van der Waals surface area (Å²) in [6, 6.07) is 13.1. The third-order valence-electron chi connectivity index (χ3n) is 5.32. The van der Waals surface area contributed by atoms with E-state index in [1.165, 1.54) is 11.3 Å². The molecule has 3 aromatic rings. The van der Waals surface area contributed by atoms with Crippen molar-refractivity contribution >= 4 is 44.9 Å². The van der Waals surface area contributed by atoms with Crippen LogP contribution in [0.3, 0.4) is 0 Å². The molecule has 2 heterocycles. The highest BCUT2D eigenvalue weighted by Gasteiger charge is 2.31. The molecule has 30 heavy (non-hydrogen) atoms. The van der Waals surface area contributed by atoms with Crippen LogP contribution in [0.25, 0.3) is 10.8 Å². The van der Waals surface area contributed by atoms with E-state index in [4.69, 9.17) is 0 Å². The highest BCUT2D eigenvalue weighted by Crippen LogP contribution is 2.37. The van der Waals surface area contributed by atoms with Crippen molar-refractivity contribution in [3.63, 3.8) is 0 Å². The van der Waals surface area contributed by atoms with E-state index >= 15 is 0 Å². The first-order valence-electron chi connectivity index (χ1n) is 9.82. The SMILES string of the molecule is CC(C)C(=O)N1CCc2c(sc(NC(=O)c3ccc4ccccc4c3)c2C(=O)O)C1. The van der Waals surface area contributed by atoms with Gasteiger partial charge in [-0.25, -0.2) is 4.79 Å². The predicted molar refractivity (Wildman–Crippen MR) is 117 cm³/mol. The number of hydrogen-bond acceptors (Lipinski definition) is 4. The number of anilines is 1. The van der Waals surface area contributed by atoms with Crippen LogP contribution in [0.4, 0.5) is 5.00 Å². The van der Waals surface area contributed by atoms with Crippen LogP contribution in [0.2, 0.25) is 0 Å². The Hall–Kier alpha value is -3.19. The number of carbonyl (C=O) groups is 3. The van der Waals surface area contributed by atoms with Gasteiger partial charge in [-0.05, 0) is 34.9 Å². The number of thiophene rings is 1. The summed E-state index contributed by atoms with van der Waals surface area (Å²) < 4.78 is 0. The molecule has 1 aliphatic heterocycles. The lowest BCUT2D eigenvalue weighted by Gasteiger charge is -2.28. The summed E-state index contributed by atoms with van der Waals surface area (Å²) in [5.74, 6) is -1.48. The number of carboxylic acids is 1. The highest BCUT2D eigenvalue weighted by atomic mass is 32.1. The van der Waals surface area contributed by atoms with Crippen molar-refractivity contribution in [2.75, 3.05) is 11.9 Å². The molecule has 154 valence electrons. The molecule has 2 amide bonds. The number of carboxylic acid groups (broad SMARTS) is 1. The third-order valence-corrected chi connectivity index (χ3v) is 6.45. The van der Waals surface area contributed by atoms with Crippen LogP contribution in [0.5, 0.6) is 0 Å². The van der Waals surface area contributed by atoms with Gasteiger partial charge in [0.1, 0.15) is 5.00 Å². The van der Waals surface area contributed by atoms with Crippen LogP contribution >= 0.6 is 11.3 Å². The van der Waals surface area contributed by atoms with Gasteiger partial charge >= 0.3 is 5.97 Å². The summed E-state index contributed by atoms with van der Waals surface area (Å²) in [6.07, 6.45) is 0.470. The monoisotopic (exact) mass is 422 g/mol. The number of rotatable bonds is 4. The van der Waals surface area contributed by atoms with E-state index in [0.717, 1.165) is 15.6 Å². The fourth-order valence-corrected chi connectivity index (χ4v) is 5.03. The van der Waals surface area contributed by atoms with Gasteiger partial charge in [-0.3, -0.25) is 9.59 Å². The lowest BCUT2D eigenvalue weighted by molar-refractivity contribution is -0.135. The zero-order valence-corrected chi connectivity index (χ0v) is 17.6. The molecule has 0 radical (unpaired) electrons. The molecule has 0 unspecified atom stereocenters. The molecule has 0 spiro atoms. The smallest absolute Gasteiger partial charge is 0.339 e. The summed E-state index contributed by atoms with van der Waals surface area (Å²) in [7, 11) is 0. The average molecular weight is 423 g/mol. The molecule has 0 aliphatic carbocycles. The normalized spacial score (nSPS) is 13.4. The summed E-state index contributed by atoms with van der Waals surface area (Å²) in [6.45, 7) is 4.57. The van der Waals surface area contributed by atoms with Crippen molar-refractivity contribution in [1.29, 1.82) is 0 Å². The number of aromatic carboxylic acids is 1. The van der Waals surface area contributed by atoms with Crippen molar-refractivity contribution in [1.82, 2.24) is 4.90 Å². The zero-order chi connectivity index (χ0) is 21.4. The van der Waals surface area contributed by atoms with Crippen LogP contribution in [0.1, 0.15) is 45.0 Å². The topological polar surface area (TPSA) is 86.7 Å². The molecular weight excluding hydrogens is 400 g/mol. The Morgan fingerprint density at radius 3 is 2.53 bits per heavy atom. The van der Waals surface area contributed by atoms with Crippen LogP contribution in [-0.2, 0) is 17.8 Å². The van der Waals surface area contributed by atoms with Crippen molar-refractivity contribution in [3.8, 4) is 0 Å². The maximum Gasteiger partial charge on any atom is 0.339 e. The largest absolute Gasteiger partial charge is 0.478 e. The quantitative estimate of drug-likeness (QED) is 0.653. The molecule has 0 fully saturated rings. The van der Waals surface area contributed by atoms with Crippen molar-refractivity contribution in [2.24, 2.45) is 5.92 Å². The molecule has 1 aliphatic rings. The van der Waals surface area contributed by atoms with Gasteiger partial charge in [-0.15, -0.1) is 11.3 Å². The molecule has 2 N–H and O–H groups in total. The second-order valence-corrected chi connectivity index (χ2v) is 8.80. The first-order chi connectivity index (χ1) is 14.3. The standard InChI is InChI=1S/C23H22N2O4S/c1-13(2)22(27)25-10-9-17-18(12-25)30-21(19(17)23(28)29)24-20(26)16-8-7-14-5-3-4-6-15(14)11-16/h3-8,11,13H,9-10,12H2,1-2H3,(H,24,26)(H,28,29). The van der Waals surface area contributed by atoms with Gasteiger partial charge in [0.15, 0.2) is 0 Å². The molecule has 0 saturated heterocycles. The van der Waals surface area contributed by atoms with Crippen LogP contribution < -0.4 is 5.32 Å². The molecule has 0 saturated carbocycles. The number of carbonyl (C=O) groups excluding carboxylic acids is 2. The van der Waals surface area contributed by atoms with Crippen molar-refractivity contribution < 1.29 is 19.5 Å². The van der Waals surface area contributed by atoms with Gasteiger partial charge in [0.25, 0.3) is 5.91 Å². The third kappa shape index (κ3) is 3.68. The van der Waals surface area contributed by atoms with E-state index in [-0.39, 0.29) is 23.3 Å². The van der Waals surface area contributed by atoms with Gasteiger partial charge in [0.05, 0.1) is 12.1 Å². The second kappa shape index (κ2) is 7.91. The van der Waals surface area contributed by atoms with Gasteiger partial charge in [-0.1, -0.05) is 44.2 Å². The lowest BCUT2D eigenvalue weighted by Crippen LogP contribution is -2.38. The minimum absolute atomic E-state index is 0.0488. The average Bonchev–Trinajstić information content (AvgIpc) is 3.09. The van der Waals surface area contributed by atoms with E-state index < -0.39 is 5.97 Å². The van der Waals surface area contributed by atoms with E-state index in [0.29, 0.717) is 35.6 Å².